The predicted molar refractivity (Wildman–Crippen MR) is 107 cm³/mol. The van der Waals surface area contributed by atoms with Gasteiger partial charge in [0.15, 0.2) is 5.16 Å². The lowest BCUT2D eigenvalue weighted by Gasteiger charge is -2.37. The second-order valence-electron chi connectivity index (χ2n) is 6.27. The summed E-state index contributed by atoms with van der Waals surface area (Å²) in [6.45, 7) is 2.82. The maximum atomic E-state index is 6.30. The topological polar surface area (TPSA) is 32.3 Å². The molecule has 1 aliphatic heterocycles. The number of nitrogens with zero attached hydrogens (tertiary/aromatic N) is 4. The zero-order chi connectivity index (χ0) is 17.8. The number of benzene rings is 1. The summed E-state index contributed by atoms with van der Waals surface area (Å²) >= 11 is 14.0. The summed E-state index contributed by atoms with van der Waals surface area (Å²) in [7, 11) is 2.16. The summed E-state index contributed by atoms with van der Waals surface area (Å²) in [6.07, 6.45) is 6.05. The van der Waals surface area contributed by atoms with Crippen molar-refractivity contribution in [3.05, 3.63) is 46.1 Å². The fraction of sp³-hybridized carbons (Fsp3) is 0.444. The minimum absolute atomic E-state index is 0.535. The van der Waals surface area contributed by atoms with Gasteiger partial charge < -0.3 is 4.90 Å². The van der Waals surface area contributed by atoms with Crippen LogP contribution in [0.25, 0.3) is 0 Å². The Kier molecular flexibility index (Phi) is 6.44. The number of hydrogen-bond donors (Lipinski definition) is 0. The lowest BCUT2D eigenvalue weighted by atomic mass is 10.0. The highest BCUT2D eigenvalue weighted by molar-refractivity contribution is 7.98. The third-order valence-electron chi connectivity index (χ3n) is 4.64. The summed E-state index contributed by atoms with van der Waals surface area (Å²) in [6, 6.07) is 8.19. The van der Waals surface area contributed by atoms with E-state index in [1.54, 1.807) is 11.8 Å². The molecule has 0 atom stereocenters. The van der Waals surface area contributed by atoms with Crippen molar-refractivity contribution in [1.82, 2.24) is 14.9 Å². The van der Waals surface area contributed by atoms with Crippen LogP contribution < -0.4 is 4.90 Å². The Morgan fingerprint density at radius 1 is 1.24 bits per heavy atom. The molecule has 2 aromatic rings. The fourth-order valence-corrected chi connectivity index (χ4v) is 3.93. The van der Waals surface area contributed by atoms with Crippen molar-refractivity contribution in [1.29, 1.82) is 0 Å². The minimum atomic E-state index is 0.535. The molecule has 0 unspecified atom stereocenters. The third-order valence-corrected chi connectivity index (χ3v) is 5.81. The molecule has 0 spiro atoms. The van der Waals surface area contributed by atoms with Crippen molar-refractivity contribution in [2.75, 3.05) is 31.3 Å². The molecule has 7 heteroatoms. The monoisotopic (exact) mass is 396 g/mol. The molecule has 0 aliphatic carbocycles. The molecule has 0 N–H and O–H groups in total. The van der Waals surface area contributed by atoms with E-state index in [-0.39, 0.29) is 0 Å². The highest BCUT2D eigenvalue weighted by Gasteiger charge is 2.24. The highest BCUT2D eigenvalue weighted by atomic mass is 35.5. The Morgan fingerprint density at radius 3 is 2.72 bits per heavy atom. The largest absolute Gasteiger partial charge is 0.356 e. The number of aromatic nitrogens is 2. The number of hydrogen-bond acceptors (Lipinski definition) is 5. The molecule has 0 amide bonds. The Bertz CT molecular complexity index is 720. The van der Waals surface area contributed by atoms with E-state index < -0.39 is 0 Å². The van der Waals surface area contributed by atoms with E-state index in [9.17, 15) is 0 Å². The van der Waals surface area contributed by atoms with Crippen molar-refractivity contribution in [3.63, 3.8) is 0 Å². The quantitative estimate of drug-likeness (QED) is 0.544. The van der Waals surface area contributed by atoms with Crippen LogP contribution in [-0.2, 0) is 6.54 Å². The van der Waals surface area contributed by atoms with E-state index in [0.717, 1.165) is 59.1 Å². The average Bonchev–Trinajstić information content (AvgIpc) is 2.65. The molecule has 0 radical (unpaired) electrons. The van der Waals surface area contributed by atoms with Gasteiger partial charge in [0.2, 0.25) is 0 Å². The molecular weight excluding hydrogens is 375 g/mol. The van der Waals surface area contributed by atoms with Crippen LogP contribution in [0.1, 0.15) is 18.4 Å². The van der Waals surface area contributed by atoms with Gasteiger partial charge in [0.1, 0.15) is 5.82 Å². The summed E-state index contributed by atoms with van der Waals surface area (Å²) in [5.74, 6) is 1.03. The van der Waals surface area contributed by atoms with Crippen LogP contribution in [0.5, 0.6) is 0 Å². The van der Waals surface area contributed by atoms with Crippen LogP contribution in [0.15, 0.2) is 35.6 Å². The predicted octanol–water partition coefficient (Wildman–Crippen LogP) is 4.61. The molecule has 134 valence electrons. The van der Waals surface area contributed by atoms with Crippen LogP contribution in [-0.4, -0.2) is 47.3 Å². The second-order valence-corrected chi connectivity index (χ2v) is 7.89. The summed E-state index contributed by atoms with van der Waals surface area (Å²) in [4.78, 5) is 13.6. The fourth-order valence-electron chi connectivity index (χ4n) is 3.20. The smallest absolute Gasteiger partial charge is 0.189 e. The van der Waals surface area contributed by atoms with Crippen LogP contribution in [0.3, 0.4) is 0 Å². The lowest BCUT2D eigenvalue weighted by molar-refractivity contribution is 0.200. The van der Waals surface area contributed by atoms with E-state index in [2.05, 4.69) is 26.8 Å². The van der Waals surface area contributed by atoms with Gasteiger partial charge in [-0.2, -0.15) is 0 Å². The number of piperidine rings is 1. The van der Waals surface area contributed by atoms with Gasteiger partial charge in [-0.1, -0.05) is 35.0 Å². The van der Waals surface area contributed by atoms with Crippen LogP contribution in [0.2, 0.25) is 10.0 Å². The van der Waals surface area contributed by atoms with E-state index in [4.69, 9.17) is 23.2 Å². The minimum Gasteiger partial charge on any atom is -0.356 e. The molecule has 1 fully saturated rings. The van der Waals surface area contributed by atoms with Crippen molar-refractivity contribution >= 4 is 40.8 Å². The first kappa shape index (κ1) is 18.8. The second kappa shape index (κ2) is 8.58. The number of rotatable bonds is 5. The maximum absolute atomic E-state index is 6.30. The first-order valence-electron chi connectivity index (χ1n) is 8.33. The van der Waals surface area contributed by atoms with Gasteiger partial charge in [0, 0.05) is 41.9 Å². The average molecular weight is 397 g/mol. The molecule has 25 heavy (non-hydrogen) atoms. The van der Waals surface area contributed by atoms with E-state index >= 15 is 0 Å². The van der Waals surface area contributed by atoms with E-state index in [0.29, 0.717) is 6.04 Å². The van der Waals surface area contributed by atoms with Crippen molar-refractivity contribution in [3.8, 4) is 0 Å². The van der Waals surface area contributed by atoms with Crippen molar-refractivity contribution in [2.24, 2.45) is 0 Å². The van der Waals surface area contributed by atoms with Gasteiger partial charge in [0.25, 0.3) is 0 Å². The summed E-state index contributed by atoms with van der Waals surface area (Å²) in [5.41, 5.74) is 1.08. The van der Waals surface area contributed by atoms with Gasteiger partial charge in [-0.25, -0.2) is 9.97 Å². The maximum Gasteiger partial charge on any atom is 0.189 e. The first-order valence-corrected chi connectivity index (χ1v) is 10.3. The van der Waals surface area contributed by atoms with Crippen molar-refractivity contribution in [2.45, 2.75) is 30.6 Å². The van der Waals surface area contributed by atoms with E-state index in [1.807, 2.05) is 36.7 Å². The Hall–Kier alpha value is -1.01. The highest BCUT2D eigenvalue weighted by Crippen LogP contribution is 2.26. The SMILES string of the molecule is CSc1nccc(N2CCC(N(C)Cc3cc(Cl)ccc3Cl)CC2)n1. The van der Waals surface area contributed by atoms with E-state index in [1.165, 1.54) is 0 Å². The molecule has 1 aromatic heterocycles. The molecule has 3 rings (SSSR count). The Balaban J connectivity index is 1.58. The Labute approximate surface area is 163 Å². The molecule has 1 saturated heterocycles. The van der Waals surface area contributed by atoms with Crippen molar-refractivity contribution < 1.29 is 0 Å². The van der Waals surface area contributed by atoms with Gasteiger partial charge in [-0.15, -0.1) is 0 Å². The van der Waals surface area contributed by atoms with Crippen LogP contribution in [0.4, 0.5) is 5.82 Å². The zero-order valence-corrected chi connectivity index (χ0v) is 16.8. The zero-order valence-electron chi connectivity index (χ0n) is 14.5. The molecule has 2 heterocycles. The molecular formula is C18H22Cl2N4S. The lowest BCUT2D eigenvalue weighted by Crippen LogP contribution is -2.43. The van der Waals surface area contributed by atoms with Crippen LogP contribution in [0, 0.1) is 0 Å². The van der Waals surface area contributed by atoms with Crippen LogP contribution >= 0.6 is 35.0 Å². The summed E-state index contributed by atoms with van der Waals surface area (Å²) in [5, 5.41) is 2.34. The third kappa shape index (κ3) is 4.79. The van der Waals surface area contributed by atoms with Gasteiger partial charge in [0.05, 0.1) is 0 Å². The number of halogens is 2. The van der Waals surface area contributed by atoms with Gasteiger partial charge in [-0.05, 0) is 56.0 Å². The number of thioether (sulfide) groups is 1. The molecule has 0 bridgehead atoms. The molecule has 1 aliphatic rings. The normalized spacial score (nSPS) is 15.8. The summed E-state index contributed by atoms with van der Waals surface area (Å²) < 4.78 is 0. The van der Waals surface area contributed by atoms with Gasteiger partial charge in [-0.3, -0.25) is 4.90 Å². The van der Waals surface area contributed by atoms with Gasteiger partial charge >= 0.3 is 0 Å². The Morgan fingerprint density at radius 2 is 2.00 bits per heavy atom. The molecule has 4 nitrogen and oxygen atoms in total. The number of anilines is 1. The standard InChI is InChI=1S/C18H22Cl2N4S/c1-23(12-13-11-14(19)3-4-16(13)20)15-6-9-24(10-7-15)17-5-8-21-18(22-17)25-2/h3-5,8,11,15H,6-7,9-10,12H2,1-2H3. The first-order chi connectivity index (χ1) is 12.1. The molecule has 1 aromatic carbocycles. The molecule has 0 saturated carbocycles.